The highest BCUT2D eigenvalue weighted by molar-refractivity contribution is 5.62. The first-order valence-electron chi connectivity index (χ1n) is 5.77. The molecule has 1 aromatic carbocycles. The van der Waals surface area contributed by atoms with Crippen molar-refractivity contribution in [3.63, 3.8) is 0 Å². The molecule has 0 aliphatic rings. The van der Waals surface area contributed by atoms with E-state index in [0.29, 0.717) is 23.8 Å². The van der Waals surface area contributed by atoms with Crippen LogP contribution in [0.4, 0.5) is 11.4 Å². The molecule has 0 radical (unpaired) electrons. The van der Waals surface area contributed by atoms with Crippen LogP contribution in [0.15, 0.2) is 34.7 Å². The Labute approximate surface area is 109 Å². The molecule has 6 heteroatoms. The second kappa shape index (κ2) is 5.53. The molecule has 0 unspecified atom stereocenters. The molecule has 2 rings (SSSR count). The van der Waals surface area contributed by atoms with Crippen molar-refractivity contribution in [2.45, 2.75) is 20.1 Å². The van der Waals surface area contributed by atoms with Crippen LogP contribution in [0.25, 0.3) is 0 Å². The SMILES string of the molecule is Cc1ccc(NCc2ccc(CO)o2)c([N+](=O)[O-])c1. The fourth-order valence-corrected chi connectivity index (χ4v) is 1.73. The minimum absolute atomic E-state index is 0.0361. The van der Waals surface area contributed by atoms with Gasteiger partial charge < -0.3 is 14.8 Å². The van der Waals surface area contributed by atoms with Crippen LogP contribution in [-0.2, 0) is 13.2 Å². The van der Waals surface area contributed by atoms with Crippen molar-refractivity contribution < 1.29 is 14.4 Å². The third-order valence-electron chi connectivity index (χ3n) is 2.68. The van der Waals surface area contributed by atoms with Gasteiger partial charge in [0.1, 0.15) is 23.8 Å². The smallest absolute Gasteiger partial charge is 0.292 e. The zero-order valence-corrected chi connectivity index (χ0v) is 10.4. The maximum atomic E-state index is 10.9. The highest BCUT2D eigenvalue weighted by atomic mass is 16.6. The Balaban J connectivity index is 2.12. The van der Waals surface area contributed by atoms with Crippen molar-refractivity contribution in [1.82, 2.24) is 0 Å². The highest BCUT2D eigenvalue weighted by Gasteiger charge is 2.13. The highest BCUT2D eigenvalue weighted by Crippen LogP contribution is 2.25. The van der Waals surface area contributed by atoms with E-state index in [9.17, 15) is 10.1 Å². The molecular weight excluding hydrogens is 248 g/mol. The van der Waals surface area contributed by atoms with Gasteiger partial charge >= 0.3 is 0 Å². The summed E-state index contributed by atoms with van der Waals surface area (Å²) in [5, 5.41) is 22.8. The molecule has 0 saturated carbocycles. The van der Waals surface area contributed by atoms with Crippen LogP contribution in [0, 0.1) is 17.0 Å². The zero-order chi connectivity index (χ0) is 13.8. The fraction of sp³-hybridized carbons (Fsp3) is 0.231. The van der Waals surface area contributed by atoms with E-state index < -0.39 is 4.92 Å². The van der Waals surface area contributed by atoms with Crippen molar-refractivity contribution in [3.8, 4) is 0 Å². The maximum Gasteiger partial charge on any atom is 0.292 e. The van der Waals surface area contributed by atoms with E-state index in [1.54, 1.807) is 31.2 Å². The minimum atomic E-state index is -0.420. The number of hydrogen-bond acceptors (Lipinski definition) is 5. The van der Waals surface area contributed by atoms with Gasteiger partial charge in [0, 0.05) is 6.07 Å². The van der Waals surface area contributed by atoms with Crippen LogP contribution in [0.2, 0.25) is 0 Å². The van der Waals surface area contributed by atoms with Crippen molar-refractivity contribution in [2.75, 3.05) is 5.32 Å². The van der Waals surface area contributed by atoms with E-state index in [2.05, 4.69) is 5.32 Å². The molecule has 100 valence electrons. The lowest BCUT2D eigenvalue weighted by Gasteiger charge is -2.06. The van der Waals surface area contributed by atoms with Gasteiger partial charge in [0.15, 0.2) is 0 Å². The number of aliphatic hydroxyl groups is 1. The molecule has 6 nitrogen and oxygen atoms in total. The first-order valence-corrected chi connectivity index (χ1v) is 5.77. The summed E-state index contributed by atoms with van der Waals surface area (Å²) in [5.41, 5.74) is 1.31. The van der Waals surface area contributed by atoms with Crippen LogP contribution in [0.3, 0.4) is 0 Å². The number of nitrogens with zero attached hydrogens (tertiary/aromatic N) is 1. The quantitative estimate of drug-likeness (QED) is 0.638. The first-order chi connectivity index (χ1) is 9.10. The Hall–Kier alpha value is -2.34. The molecule has 0 atom stereocenters. The maximum absolute atomic E-state index is 10.9. The van der Waals surface area contributed by atoms with Gasteiger partial charge in [0.25, 0.3) is 5.69 Å². The molecule has 0 aliphatic heterocycles. The zero-order valence-electron chi connectivity index (χ0n) is 10.4. The number of aliphatic hydroxyl groups excluding tert-OH is 1. The summed E-state index contributed by atoms with van der Waals surface area (Å²) in [6.07, 6.45) is 0. The molecule has 0 spiro atoms. The standard InChI is InChI=1S/C13H14N2O4/c1-9-2-5-12(13(6-9)15(17)18)14-7-10-3-4-11(8-16)19-10/h2-6,14,16H,7-8H2,1H3. The summed E-state index contributed by atoms with van der Waals surface area (Å²) in [5.74, 6) is 1.08. The number of rotatable bonds is 5. The van der Waals surface area contributed by atoms with Crippen LogP contribution in [0.5, 0.6) is 0 Å². The van der Waals surface area contributed by atoms with Gasteiger partial charge in [0.2, 0.25) is 0 Å². The van der Waals surface area contributed by atoms with Crippen molar-refractivity contribution in [1.29, 1.82) is 0 Å². The average molecular weight is 262 g/mol. The summed E-state index contributed by atoms with van der Waals surface area (Å²) in [7, 11) is 0. The van der Waals surface area contributed by atoms with Crippen LogP contribution in [-0.4, -0.2) is 10.0 Å². The summed E-state index contributed by atoms with van der Waals surface area (Å²) in [4.78, 5) is 10.5. The monoisotopic (exact) mass is 262 g/mol. The minimum Gasteiger partial charge on any atom is -0.462 e. The van der Waals surface area contributed by atoms with Crippen molar-refractivity contribution >= 4 is 11.4 Å². The van der Waals surface area contributed by atoms with Gasteiger partial charge in [-0.05, 0) is 30.7 Å². The van der Waals surface area contributed by atoms with E-state index in [4.69, 9.17) is 9.52 Å². The van der Waals surface area contributed by atoms with Crippen molar-refractivity contribution in [2.24, 2.45) is 0 Å². The molecule has 0 aliphatic carbocycles. The number of nitro groups is 1. The van der Waals surface area contributed by atoms with Gasteiger partial charge in [-0.15, -0.1) is 0 Å². The number of benzene rings is 1. The van der Waals surface area contributed by atoms with E-state index in [1.807, 2.05) is 0 Å². The van der Waals surface area contributed by atoms with E-state index in [0.717, 1.165) is 5.56 Å². The van der Waals surface area contributed by atoms with Gasteiger partial charge in [-0.25, -0.2) is 0 Å². The number of aryl methyl sites for hydroxylation is 1. The molecule has 0 saturated heterocycles. The normalized spacial score (nSPS) is 10.4. The van der Waals surface area contributed by atoms with Gasteiger partial charge in [-0.2, -0.15) is 0 Å². The lowest BCUT2D eigenvalue weighted by atomic mass is 10.2. The summed E-state index contributed by atoms with van der Waals surface area (Å²) in [6, 6.07) is 8.38. The van der Waals surface area contributed by atoms with E-state index in [1.165, 1.54) is 6.07 Å². The molecule has 0 fully saturated rings. The van der Waals surface area contributed by atoms with Gasteiger partial charge in [-0.3, -0.25) is 10.1 Å². The number of anilines is 1. The average Bonchev–Trinajstić information content (AvgIpc) is 2.85. The molecular formula is C13H14N2O4. The Morgan fingerprint density at radius 2 is 2.05 bits per heavy atom. The molecule has 2 N–H and O–H groups in total. The predicted molar refractivity (Wildman–Crippen MR) is 69.8 cm³/mol. The lowest BCUT2D eigenvalue weighted by molar-refractivity contribution is -0.384. The fourth-order valence-electron chi connectivity index (χ4n) is 1.73. The van der Waals surface area contributed by atoms with Crippen LogP contribution >= 0.6 is 0 Å². The Morgan fingerprint density at radius 1 is 1.32 bits per heavy atom. The van der Waals surface area contributed by atoms with Crippen molar-refractivity contribution in [3.05, 3.63) is 57.5 Å². The molecule has 19 heavy (non-hydrogen) atoms. The van der Waals surface area contributed by atoms with E-state index >= 15 is 0 Å². The van der Waals surface area contributed by atoms with Gasteiger partial charge in [0.05, 0.1) is 11.5 Å². The van der Waals surface area contributed by atoms with Crippen LogP contribution in [0.1, 0.15) is 17.1 Å². The predicted octanol–water partition coefficient (Wildman–Crippen LogP) is 2.60. The van der Waals surface area contributed by atoms with Crippen LogP contribution < -0.4 is 5.32 Å². The molecule has 1 heterocycles. The number of nitro benzene ring substituents is 1. The molecule has 2 aromatic rings. The summed E-state index contributed by atoms with van der Waals surface area (Å²) < 4.78 is 5.30. The Bertz CT molecular complexity index is 592. The third-order valence-corrected chi connectivity index (χ3v) is 2.68. The van der Waals surface area contributed by atoms with E-state index in [-0.39, 0.29) is 12.3 Å². The molecule has 0 amide bonds. The summed E-state index contributed by atoms with van der Waals surface area (Å²) >= 11 is 0. The summed E-state index contributed by atoms with van der Waals surface area (Å²) in [6.45, 7) is 1.96. The lowest BCUT2D eigenvalue weighted by Crippen LogP contribution is -2.02. The van der Waals surface area contributed by atoms with Gasteiger partial charge in [-0.1, -0.05) is 6.07 Å². The second-order valence-corrected chi connectivity index (χ2v) is 4.16. The largest absolute Gasteiger partial charge is 0.462 e. The Morgan fingerprint density at radius 3 is 2.68 bits per heavy atom. The number of hydrogen-bond donors (Lipinski definition) is 2. The third kappa shape index (κ3) is 3.11. The second-order valence-electron chi connectivity index (χ2n) is 4.16. The topological polar surface area (TPSA) is 88.5 Å². The first kappa shape index (κ1) is 13.1. The molecule has 0 bridgehead atoms. The number of furan rings is 1. The Kier molecular flexibility index (Phi) is 3.82. The number of nitrogens with one attached hydrogen (secondary N) is 1. The molecule has 1 aromatic heterocycles.